The molecule has 2 rings (SSSR count). The first-order valence-corrected chi connectivity index (χ1v) is 6.78. The van der Waals surface area contributed by atoms with Crippen LogP contribution in [0.3, 0.4) is 0 Å². The predicted octanol–water partition coefficient (Wildman–Crippen LogP) is 2.12. The standard InChI is InChI=1S/C17H13FN2O3/c18-14-7-2-1-6-13(14)16(21)20-15(17(22)23)9-11-4-3-5-12(8-11)10-19/h1-8,15H,9H2,(H,20,21)(H,22,23)/t15-/m1/s1. The first-order valence-electron chi connectivity index (χ1n) is 6.78. The van der Waals surface area contributed by atoms with E-state index in [1.807, 2.05) is 6.07 Å². The number of carboxylic acids is 1. The van der Waals surface area contributed by atoms with Gasteiger partial charge in [0.1, 0.15) is 11.9 Å². The second kappa shape index (κ2) is 7.18. The van der Waals surface area contributed by atoms with Crippen molar-refractivity contribution in [1.82, 2.24) is 5.32 Å². The Morgan fingerprint density at radius 2 is 1.96 bits per heavy atom. The van der Waals surface area contributed by atoms with Gasteiger partial charge in [-0.05, 0) is 29.8 Å². The number of aliphatic carboxylic acids is 1. The first kappa shape index (κ1) is 16.2. The fraction of sp³-hybridized carbons (Fsp3) is 0.118. The molecule has 0 radical (unpaired) electrons. The number of amides is 1. The van der Waals surface area contributed by atoms with Crippen LogP contribution in [0.2, 0.25) is 0 Å². The van der Waals surface area contributed by atoms with Crippen LogP contribution in [-0.2, 0) is 11.2 Å². The second-order valence-electron chi connectivity index (χ2n) is 4.86. The Hall–Kier alpha value is -3.20. The zero-order chi connectivity index (χ0) is 16.8. The summed E-state index contributed by atoms with van der Waals surface area (Å²) >= 11 is 0. The minimum atomic E-state index is -1.24. The van der Waals surface area contributed by atoms with Crippen LogP contribution >= 0.6 is 0 Å². The molecule has 2 aromatic rings. The molecule has 6 heteroatoms. The van der Waals surface area contributed by atoms with Crippen LogP contribution in [-0.4, -0.2) is 23.0 Å². The third-order valence-electron chi connectivity index (χ3n) is 3.22. The van der Waals surface area contributed by atoms with Gasteiger partial charge >= 0.3 is 5.97 Å². The van der Waals surface area contributed by atoms with Gasteiger partial charge in [0.15, 0.2) is 0 Å². The number of carboxylic acid groups (broad SMARTS) is 1. The maximum absolute atomic E-state index is 13.6. The van der Waals surface area contributed by atoms with Crippen LogP contribution < -0.4 is 5.32 Å². The molecule has 0 unspecified atom stereocenters. The fourth-order valence-corrected chi connectivity index (χ4v) is 2.08. The van der Waals surface area contributed by atoms with Crippen LogP contribution in [0.1, 0.15) is 21.5 Å². The van der Waals surface area contributed by atoms with Crippen molar-refractivity contribution in [3.8, 4) is 6.07 Å². The highest BCUT2D eigenvalue weighted by molar-refractivity contribution is 5.96. The van der Waals surface area contributed by atoms with Gasteiger partial charge in [-0.25, -0.2) is 9.18 Å². The minimum absolute atomic E-state index is 0.00888. The highest BCUT2D eigenvalue weighted by atomic mass is 19.1. The molecule has 1 atom stereocenters. The van der Waals surface area contributed by atoms with Gasteiger partial charge < -0.3 is 10.4 Å². The maximum Gasteiger partial charge on any atom is 0.326 e. The van der Waals surface area contributed by atoms with Crippen molar-refractivity contribution in [3.63, 3.8) is 0 Å². The molecule has 2 N–H and O–H groups in total. The van der Waals surface area contributed by atoms with E-state index in [0.717, 1.165) is 6.07 Å². The summed E-state index contributed by atoms with van der Waals surface area (Å²) in [5.41, 5.74) is 0.766. The van der Waals surface area contributed by atoms with Crippen molar-refractivity contribution in [2.75, 3.05) is 0 Å². The second-order valence-corrected chi connectivity index (χ2v) is 4.86. The van der Waals surface area contributed by atoms with Gasteiger partial charge in [-0.3, -0.25) is 4.79 Å². The fourth-order valence-electron chi connectivity index (χ4n) is 2.08. The molecule has 2 aromatic carbocycles. The highest BCUT2D eigenvalue weighted by Gasteiger charge is 2.22. The topological polar surface area (TPSA) is 90.2 Å². The van der Waals surface area contributed by atoms with E-state index in [-0.39, 0.29) is 12.0 Å². The zero-order valence-electron chi connectivity index (χ0n) is 12.0. The van der Waals surface area contributed by atoms with E-state index in [4.69, 9.17) is 5.26 Å². The van der Waals surface area contributed by atoms with Crippen LogP contribution in [0.15, 0.2) is 48.5 Å². The van der Waals surface area contributed by atoms with Crippen molar-refractivity contribution < 1.29 is 19.1 Å². The van der Waals surface area contributed by atoms with Gasteiger partial charge in [-0.2, -0.15) is 5.26 Å². The average Bonchev–Trinajstić information content (AvgIpc) is 2.54. The molecule has 1 amide bonds. The lowest BCUT2D eigenvalue weighted by molar-refractivity contribution is -0.139. The molecule has 0 spiro atoms. The number of halogens is 1. The van der Waals surface area contributed by atoms with Gasteiger partial charge in [0, 0.05) is 6.42 Å². The van der Waals surface area contributed by atoms with Gasteiger partial charge in [-0.1, -0.05) is 24.3 Å². The lowest BCUT2D eigenvalue weighted by atomic mass is 10.0. The molecule has 0 bridgehead atoms. The molecule has 0 heterocycles. The molecule has 0 fully saturated rings. The summed E-state index contributed by atoms with van der Waals surface area (Å²) < 4.78 is 13.6. The molecule has 0 aliphatic heterocycles. The van der Waals surface area contributed by atoms with Crippen molar-refractivity contribution >= 4 is 11.9 Å². The molecule has 116 valence electrons. The predicted molar refractivity (Wildman–Crippen MR) is 80.2 cm³/mol. The monoisotopic (exact) mass is 312 g/mol. The summed E-state index contributed by atoms with van der Waals surface area (Å²) in [7, 11) is 0. The SMILES string of the molecule is N#Cc1cccc(C[C@@H](NC(=O)c2ccccc2F)C(=O)O)c1. The largest absolute Gasteiger partial charge is 0.480 e. The van der Waals surface area contributed by atoms with Gasteiger partial charge in [-0.15, -0.1) is 0 Å². The third kappa shape index (κ3) is 4.14. The Morgan fingerprint density at radius 3 is 2.61 bits per heavy atom. The number of carbonyl (C=O) groups excluding carboxylic acids is 1. The Labute approximate surface area is 132 Å². The number of nitrogens with one attached hydrogen (secondary N) is 1. The molecule has 23 heavy (non-hydrogen) atoms. The Bertz CT molecular complexity index is 783. The smallest absolute Gasteiger partial charge is 0.326 e. The molecule has 0 aliphatic carbocycles. The van der Waals surface area contributed by atoms with Crippen LogP contribution in [0.5, 0.6) is 0 Å². The Balaban J connectivity index is 2.16. The lowest BCUT2D eigenvalue weighted by Gasteiger charge is -2.15. The minimum Gasteiger partial charge on any atom is -0.480 e. The number of carbonyl (C=O) groups is 2. The van der Waals surface area contributed by atoms with Crippen molar-refractivity contribution in [1.29, 1.82) is 5.26 Å². The van der Waals surface area contributed by atoms with E-state index in [0.29, 0.717) is 11.1 Å². The zero-order valence-corrected chi connectivity index (χ0v) is 12.0. The van der Waals surface area contributed by atoms with Gasteiger partial charge in [0.25, 0.3) is 5.91 Å². The average molecular weight is 312 g/mol. The normalized spacial score (nSPS) is 11.3. The number of benzene rings is 2. The number of hydrogen-bond acceptors (Lipinski definition) is 3. The lowest BCUT2D eigenvalue weighted by Crippen LogP contribution is -2.42. The van der Waals surface area contributed by atoms with Crippen LogP contribution in [0, 0.1) is 17.1 Å². The summed E-state index contributed by atoms with van der Waals surface area (Å²) in [5.74, 6) is -2.76. The van der Waals surface area contributed by atoms with Crippen molar-refractivity contribution in [2.24, 2.45) is 0 Å². The van der Waals surface area contributed by atoms with Crippen molar-refractivity contribution in [2.45, 2.75) is 12.5 Å². The molecule has 0 aromatic heterocycles. The number of nitrogens with zero attached hydrogens (tertiary/aromatic N) is 1. The number of rotatable bonds is 5. The summed E-state index contributed by atoms with van der Waals surface area (Å²) in [6.45, 7) is 0. The summed E-state index contributed by atoms with van der Waals surface area (Å²) in [4.78, 5) is 23.4. The quantitative estimate of drug-likeness (QED) is 0.885. The van der Waals surface area contributed by atoms with E-state index < -0.39 is 23.7 Å². The molecule has 5 nitrogen and oxygen atoms in total. The highest BCUT2D eigenvalue weighted by Crippen LogP contribution is 2.10. The molecule has 0 saturated carbocycles. The van der Waals surface area contributed by atoms with E-state index in [1.54, 1.807) is 24.3 Å². The van der Waals surface area contributed by atoms with Gasteiger partial charge in [0.2, 0.25) is 0 Å². The number of hydrogen-bond donors (Lipinski definition) is 2. The van der Waals surface area contributed by atoms with Crippen LogP contribution in [0.25, 0.3) is 0 Å². The Kier molecular flexibility index (Phi) is 5.05. The molecule has 0 aliphatic rings. The van der Waals surface area contributed by atoms with E-state index in [2.05, 4.69) is 5.32 Å². The Morgan fingerprint density at radius 1 is 1.22 bits per heavy atom. The summed E-state index contributed by atoms with van der Waals surface area (Å²) in [6.07, 6.45) is -0.00888. The molecular weight excluding hydrogens is 299 g/mol. The van der Waals surface area contributed by atoms with E-state index in [1.165, 1.54) is 18.2 Å². The number of nitriles is 1. The van der Waals surface area contributed by atoms with E-state index in [9.17, 15) is 19.1 Å². The molecule has 0 saturated heterocycles. The van der Waals surface area contributed by atoms with Crippen LogP contribution in [0.4, 0.5) is 4.39 Å². The van der Waals surface area contributed by atoms with E-state index >= 15 is 0 Å². The maximum atomic E-state index is 13.6. The third-order valence-corrected chi connectivity index (χ3v) is 3.22. The first-order chi connectivity index (χ1) is 11.0. The van der Waals surface area contributed by atoms with Gasteiger partial charge in [0.05, 0.1) is 17.2 Å². The molecular formula is C17H13FN2O3. The summed E-state index contributed by atoms with van der Waals surface area (Å²) in [5, 5.41) is 20.4. The van der Waals surface area contributed by atoms with Crippen molar-refractivity contribution in [3.05, 3.63) is 71.0 Å². The summed E-state index contributed by atoms with van der Waals surface area (Å²) in [6, 6.07) is 12.5.